The van der Waals surface area contributed by atoms with E-state index in [4.69, 9.17) is 23.7 Å². The molecule has 1 saturated heterocycles. The number of aliphatic carboxylic acids is 1. The van der Waals surface area contributed by atoms with Crippen LogP contribution in [0.25, 0.3) is 0 Å². The van der Waals surface area contributed by atoms with Crippen LogP contribution in [0.3, 0.4) is 0 Å². The summed E-state index contributed by atoms with van der Waals surface area (Å²) in [7, 11) is 0. The molecule has 0 aliphatic carbocycles. The normalized spacial score (nSPS) is 18.6. The Balaban J connectivity index is 2.73. The second-order valence-electron chi connectivity index (χ2n) is 20.6. The summed E-state index contributed by atoms with van der Waals surface area (Å²) in [5.41, 5.74) is 0. The van der Waals surface area contributed by atoms with Gasteiger partial charge in [0.2, 0.25) is 0 Å². The number of aliphatic hydroxyl groups excluding tert-OH is 2. The van der Waals surface area contributed by atoms with Crippen LogP contribution < -0.4 is 0 Å². The first kappa shape index (κ1) is 72.4. The zero-order valence-corrected chi connectivity index (χ0v) is 49.3. The molecule has 1 fully saturated rings. The number of carboxylic acids is 1. The summed E-state index contributed by atoms with van der Waals surface area (Å²) in [6.07, 6.45) is 60.5. The first-order valence-electron chi connectivity index (χ1n) is 30.9. The summed E-state index contributed by atoms with van der Waals surface area (Å²) in [6.45, 7) is 5.71. The lowest BCUT2D eigenvalue weighted by molar-refractivity contribution is -0.301. The van der Waals surface area contributed by atoms with E-state index in [0.717, 1.165) is 116 Å². The highest BCUT2D eigenvalue weighted by atomic mass is 16.7. The van der Waals surface area contributed by atoms with Crippen LogP contribution >= 0.6 is 0 Å². The summed E-state index contributed by atoms with van der Waals surface area (Å²) in [5.74, 6) is -3.22. The molecule has 79 heavy (non-hydrogen) atoms. The van der Waals surface area contributed by atoms with Gasteiger partial charge in [-0.1, -0.05) is 226 Å². The Morgan fingerprint density at radius 3 is 1.24 bits per heavy atom. The van der Waals surface area contributed by atoms with Crippen LogP contribution in [-0.4, -0.2) is 89.2 Å². The number of aliphatic hydroxyl groups is 2. The lowest BCUT2D eigenvalue weighted by Gasteiger charge is -2.40. The van der Waals surface area contributed by atoms with E-state index in [0.29, 0.717) is 19.3 Å². The minimum absolute atomic E-state index is 0.0501. The molecule has 6 unspecified atom stereocenters. The summed E-state index contributed by atoms with van der Waals surface area (Å²) in [6, 6.07) is 0. The highest BCUT2D eigenvalue weighted by molar-refractivity contribution is 5.74. The second-order valence-corrected chi connectivity index (χ2v) is 20.6. The number of carbonyl (C=O) groups excluding carboxylic acids is 3. The van der Waals surface area contributed by atoms with E-state index in [1.54, 1.807) is 0 Å². The highest BCUT2D eigenvalue weighted by Gasteiger charge is 2.50. The maximum atomic E-state index is 13.2. The molecule has 1 heterocycles. The van der Waals surface area contributed by atoms with Crippen LogP contribution in [0.4, 0.5) is 0 Å². The average molecular weight is 1110 g/mol. The van der Waals surface area contributed by atoms with Gasteiger partial charge < -0.3 is 39.0 Å². The van der Waals surface area contributed by atoms with Crippen molar-refractivity contribution >= 4 is 23.9 Å². The van der Waals surface area contributed by atoms with Gasteiger partial charge in [0, 0.05) is 19.3 Å². The van der Waals surface area contributed by atoms with Gasteiger partial charge in [-0.3, -0.25) is 14.4 Å². The van der Waals surface area contributed by atoms with Gasteiger partial charge in [0.1, 0.15) is 18.8 Å². The quantitative estimate of drug-likeness (QED) is 0.0228. The van der Waals surface area contributed by atoms with E-state index >= 15 is 0 Å². The molecule has 1 aliphatic rings. The molecule has 12 nitrogen and oxygen atoms in total. The number of allylic oxidation sites excluding steroid dienone is 18. The van der Waals surface area contributed by atoms with Crippen molar-refractivity contribution in [2.24, 2.45) is 0 Å². The minimum Gasteiger partial charge on any atom is -0.479 e. The number of carbonyl (C=O) groups is 4. The van der Waals surface area contributed by atoms with Crippen LogP contribution in [0, 0.1) is 0 Å². The van der Waals surface area contributed by atoms with Gasteiger partial charge >= 0.3 is 23.9 Å². The van der Waals surface area contributed by atoms with Crippen molar-refractivity contribution in [3.63, 3.8) is 0 Å². The minimum atomic E-state index is -1.92. The lowest BCUT2D eigenvalue weighted by atomic mass is 9.98. The molecule has 0 saturated carbocycles. The molecule has 0 aromatic rings. The average Bonchev–Trinajstić information content (AvgIpc) is 3.46. The first-order valence-corrected chi connectivity index (χ1v) is 30.9. The Labute approximate surface area is 478 Å². The molecule has 0 spiro atoms. The van der Waals surface area contributed by atoms with Crippen molar-refractivity contribution < 1.29 is 58.2 Å². The molecule has 1 rings (SSSR count). The molecule has 0 aromatic heterocycles. The van der Waals surface area contributed by atoms with Crippen molar-refractivity contribution in [1.82, 2.24) is 0 Å². The van der Waals surface area contributed by atoms with Crippen molar-refractivity contribution in [2.75, 3.05) is 13.2 Å². The van der Waals surface area contributed by atoms with E-state index < -0.39 is 67.3 Å². The van der Waals surface area contributed by atoms with Crippen LogP contribution in [0.1, 0.15) is 239 Å². The summed E-state index contributed by atoms with van der Waals surface area (Å²) in [5, 5.41) is 31.5. The van der Waals surface area contributed by atoms with Gasteiger partial charge in [-0.2, -0.15) is 0 Å². The van der Waals surface area contributed by atoms with Gasteiger partial charge in [-0.15, -0.1) is 0 Å². The molecule has 6 atom stereocenters. The number of ether oxygens (including phenoxy) is 5. The fraction of sp³-hybridized carbons (Fsp3) is 0.672. The van der Waals surface area contributed by atoms with Crippen molar-refractivity contribution in [3.8, 4) is 0 Å². The summed E-state index contributed by atoms with van der Waals surface area (Å²) >= 11 is 0. The van der Waals surface area contributed by atoms with E-state index in [2.05, 4.69) is 130 Å². The summed E-state index contributed by atoms with van der Waals surface area (Å²) in [4.78, 5) is 51.2. The summed E-state index contributed by atoms with van der Waals surface area (Å²) < 4.78 is 28.4. The number of hydrogen-bond acceptors (Lipinski definition) is 11. The molecule has 0 amide bonds. The molecule has 0 aromatic carbocycles. The van der Waals surface area contributed by atoms with Crippen LogP contribution in [0.5, 0.6) is 0 Å². The highest BCUT2D eigenvalue weighted by Crippen LogP contribution is 2.26. The van der Waals surface area contributed by atoms with E-state index in [-0.39, 0.29) is 25.9 Å². The zero-order chi connectivity index (χ0) is 57.5. The molecular formula is C67H108O12. The zero-order valence-electron chi connectivity index (χ0n) is 49.3. The molecule has 0 bridgehead atoms. The third-order valence-electron chi connectivity index (χ3n) is 13.3. The smallest absolute Gasteiger partial charge is 0.335 e. The Morgan fingerprint density at radius 1 is 0.430 bits per heavy atom. The number of unbranched alkanes of at least 4 members (excludes halogenated alkanes) is 19. The SMILES string of the molecule is CC/C=C\C/C=C\C/C=C\C/C=C\C/C=C\CCCCCC(=O)OCC(COC1OC(C(=O)O)C(O)C(O)C1OC(=O)CCCCCCCCCCCCCCCCC)OC(=O)CCCC/C=C\C/C=C\C/C=C\C/C=C\CC. The predicted molar refractivity (Wildman–Crippen MR) is 321 cm³/mol. The van der Waals surface area contributed by atoms with Crippen molar-refractivity contribution in [1.29, 1.82) is 0 Å². The standard InChI is InChI=1S/C67H108O12/c1-4-7-10-13-16-19-22-25-28-29-30-31-34-35-38-41-44-47-50-53-59(68)75-56-58(77-60(69)54-51-48-45-42-39-36-32-26-23-20-17-14-11-8-5-2)57-76-67-65(63(72)62(71)64(79-67)66(73)74)78-61(70)55-52-49-46-43-40-37-33-27-24-21-18-15-12-9-6-3/h7-8,10-11,16-17,19-20,25-26,28,30-32,35,38-39,42,58,62-65,67,71-72H,4-6,9,12-15,18,21-24,27,29,33-34,36-37,40-41,43-57H2,1-3H3,(H,73,74)/b10-7-,11-8-,19-16-,20-17-,28-25-,31-30-,32-26-,38-35-,42-39-. The maximum Gasteiger partial charge on any atom is 0.335 e. The number of rotatable bonds is 51. The van der Waals surface area contributed by atoms with E-state index in [9.17, 15) is 34.5 Å². The van der Waals surface area contributed by atoms with Gasteiger partial charge in [-0.25, -0.2) is 4.79 Å². The van der Waals surface area contributed by atoms with Crippen LogP contribution in [0.2, 0.25) is 0 Å². The largest absolute Gasteiger partial charge is 0.479 e. The first-order chi connectivity index (χ1) is 38.6. The molecular weight excluding hydrogens is 997 g/mol. The third-order valence-corrected chi connectivity index (χ3v) is 13.3. The Morgan fingerprint density at radius 2 is 0.797 bits per heavy atom. The van der Waals surface area contributed by atoms with Crippen molar-refractivity contribution in [3.05, 3.63) is 109 Å². The molecule has 3 N–H and O–H groups in total. The third kappa shape index (κ3) is 43.8. The van der Waals surface area contributed by atoms with Crippen LogP contribution in [-0.2, 0) is 42.9 Å². The predicted octanol–water partition coefficient (Wildman–Crippen LogP) is 16.2. The Hall–Kier alpha value is -4.62. The second kappa shape index (κ2) is 54.0. The van der Waals surface area contributed by atoms with Gasteiger partial charge in [0.15, 0.2) is 24.6 Å². The monoisotopic (exact) mass is 1100 g/mol. The maximum absolute atomic E-state index is 13.2. The molecule has 0 radical (unpaired) electrons. The molecule has 12 heteroatoms. The molecule has 1 aliphatic heterocycles. The van der Waals surface area contributed by atoms with E-state index in [1.165, 1.54) is 64.2 Å². The van der Waals surface area contributed by atoms with Crippen LogP contribution in [0.15, 0.2) is 109 Å². The Bertz CT molecular complexity index is 1790. The fourth-order valence-electron chi connectivity index (χ4n) is 8.68. The lowest BCUT2D eigenvalue weighted by Crippen LogP contribution is -2.61. The topological polar surface area (TPSA) is 175 Å². The number of hydrogen-bond donors (Lipinski definition) is 3. The number of carboxylic acid groups (broad SMARTS) is 1. The van der Waals surface area contributed by atoms with E-state index in [1.807, 2.05) is 0 Å². The van der Waals surface area contributed by atoms with Gasteiger partial charge in [0.05, 0.1) is 6.61 Å². The number of esters is 3. The molecule has 448 valence electrons. The van der Waals surface area contributed by atoms with Gasteiger partial charge in [-0.05, 0) is 103 Å². The fourth-order valence-corrected chi connectivity index (χ4v) is 8.68. The van der Waals surface area contributed by atoms with Crippen molar-refractivity contribution in [2.45, 2.75) is 276 Å². The van der Waals surface area contributed by atoms with Gasteiger partial charge in [0.25, 0.3) is 0 Å². The Kier molecular flexibility index (Phi) is 49.5.